The average Bonchev–Trinajstić information content (AvgIpc) is 2.38. The van der Waals surface area contributed by atoms with E-state index in [-0.39, 0.29) is 0 Å². The predicted molar refractivity (Wildman–Crippen MR) is 75.9 cm³/mol. The van der Waals surface area contributed by atoms with Crippen molar-refractivity contribution in [2.75, 3.05) is 18.0 Å². The summed E-state index contributed by atoms with van der Waals surface area (Å²) < 4.78 is 0. The Kier molecular flexibility index (Phi) is 4.20. The summed E-state index contributed by atoms with van der Waals surface area (Å²) in [4.78, 5) is 11.5. The number of aryl methyl sites for hydroxylation is 2. The molecule has 2 heterocycles. The van der Waals surface area contributed by atoms with E-state index in [2.05, 4.69) is 41.7 Å². The summed E-state index contributed by atoms with van der Waals surface area (Å²) in [5.74, 6) is 3.72. The van der Waals surface area contributed by atoms with E-state index in [0.717, 1.165) is 48.7 Å². The van der Waals surface area contributed by atoms with Crippen LogP contribution in [0, 0.1) is 18.8 Å². The van der Waals surface area contributed by atoms with Gasteiger partial charge in [0, 0.05) is 24.8 Å². The molecule has 0 unspecified atom stereocenters. The molecule has 0 N–H and O–H groups in total. The van der Waals surface area contributed by atoms with Crippen LogP contribution in [0.5, 0.6) is 0 Å². The van der Waals surface area contributed by atoms with Crippen LogP contribution in [0.2, 0.25) is 0 Å². The molecule has 1 aliphatic heterocycles. The largest absolute Gasteiger partial charge is 0.356 e. The molecule has 0 atom stereocenters. The van der Waals surface area contributed by atoms with E-state index < -0.39 is 0 Å². The Bertz CT molecular complexity index is 393. The van der Waals surface area contributed by atoms with Gasteiger partial charge in [0.1, 0.15) is 11.6 Å². The molecule has 0 radical (unpaired) electrons. The maximum absolute atomic E-state index is 4.59. The summed E-state index contributed by atoms with van der Waals surface area (Å²) in [5, 5.41) is 0. The van der Waals surface area contributed by atoms with Crippen LogP contribution in [0.15, 0.2) is 6.07 Å². The van der Waals surface area contributed by atoms with Gasteiger partial charge < -0.3 is 4.90 Å². The second-order valence-electron chi connectivity index (χ2n) is 5.69. The van der Waals surface area contributed by atoms with E-state index in [0.29, 0.717) is 0 Å². The Morgan fingerprint density at radius 3 is 2.50 bits per heavy atom. The first-order valence-corrected chi connectivity index (χ1v) is 7.19. The highest BCUT2D eigenvalue weighted by Crippen LogP contribution is 2.27. The van der Waals surface area contributed by atoms with E-state index in [1.54, 1.807) is 0 Å². The molecule has 1 aromatic rings. The zero-order chi connectivity index (χ0) is 13.1. The first-order chi connectivity index (χ1) is 8.60. The van der Waals surface area contributed by atoms with Crippen LogP contribution in [0.1, 0.15) is 45.1 Å². The molecular weight excluding hydrogens is 222 g/mol. The standard InChI is InChI=1S/C15H25N3/c1-5-14-10-15(17-12(4)16-14)18-8-6-13(7-9-18)11(2)3/h10-11,13H,5-9H2,1-4H3. The maximum Gasteiger partial charge on any atom is 0.132 e. The first kappa shape index (κ1) is 13.3. The third-order valence-corrected chi connectivity index (χ3v) is 4.05. The lowest BCUT2D eigenvalue weighted by atomic mass is 9.87. The van der Waals surface area contributed by atoms with Gasteiger partial charge in [0.25, 0.3) is 0 Å². The van der Waals surface area contributed by atoms with E-state index in [1.165, 1.54) is 12.8 Å². The quantitative estimate of drug-likeness (QED) is 0.821. The molecule has 0 aliphatic carbocycles. The minimum absolute atomic E-state index is 0.811. The molecule has 1 aromatic heterocycles. The van der Waals surface area contributed by atoms with Crippen LogP contribution in [0.3, 0.4) is 0 Å². The van der Waals surface area contributed by atoms with Gasteiger partial charge in [0.15, 0.2) is 0 Å². The smallest absolute Gasteiger partial charge is 0.132 e. The summed E-state index contributed by atoms with van der Waals surface area (Å²) >= 11 is 0. The SMILES string of the molecule is CCc1cc(N2CCC(C(C)C)CC2)nc(C)n1. The fraction of sp³-hybridized carbons (Fsp3) is 0.733. The highest BCUT2D eigenvalue weighted by molar-refractivity contribution is 5.40. The third kappa shape index (κ3) is 3.01. The van der Waals surface area contributed by atoms with Gasteiger partial charge in [-0.15, -0.1) is 0 Å². The molecule has 0 spiro atoms. The third-order valence-electron chi connectivity index (χ3n) is 4.05. The monoisotopic (exact) mass is 247 g/mol. The van der Waals surface area contributed by atoms with Gasteiger partial charge in [-0.1, -0.05) is 20.8 Å². The van der Waals surface area contributed by atoms with E-state index >= 15 is 0 Å². The summed E-state index contributed by atoms with van der Waals surface area (Å²) in [5.41, 5.74) is 1.16. The van der Waals surface area contributed by atoms with Gasteiger partial charge in [-0.05, 0) is 38.0 Å². The molecule has 1 saturated heterocycles. The van der Waals surface area contributed by atoms with E-state index in [9.17, 15) is 0 Å². The lowest BCUT2D eigenvalue weighted by Gasteiger charge is -2.34. The Morgan fingerprint density at radius 1 is 1.28 bits per heavy atom. The molecule has 1 aliphatic rings. The van der Waals surface area contributed by atoms with Gasteiger partial charge >= 0.3 is 0 Å². The van der Waals surface area contributed by atoms with Crippen molar-refractivity contribution in [3.63, 3.8) is 0 Å². The fourth-order valence-corrected chi connectivity index (χ4v) is 2.75. The summed E-state index contributed by atoms with van der Waals surface area (Å²) in [6.45, 7) is 11.1. The molecule has 2 rings (SSSR count). The van der Waals surface area contributed by atoms with Gasteiger partial charge in [-0.25, -0.2) is 9.97 Å². The summed E-state index contributed by atoms with van der Waals surface area (Å²) in [7, 11) is 0. The topological polar surface area (TPSA) is 29.0 Å². The van der Waals surface area contributed by atoms with Crippen molar-refractivity contribution in [2.45, 2.75) is 47.0 Å². The zero-order valence-electron chi connectivity index (χ0n) is 12.1. The van der Waals surface area contributed by atoms with Gasteiger partial charge in [-0.3, -0.25) is 0 Å². The molecule has 18 heavy (non-hydrogen) atoms. The molecule has 100 valence electrons. The lowest BCUT2D eigenvalue weighted by molar-refractivity contribution is 0.310. The van der Waals surface area contributed by atoms with E-state index in [4.69, 9.17) is 0 Å². The van der Waals surface area contributed by atoms with Gasteiger partial charge in [0.2, 0.25) is 0 Å². The Morgan fingerprint density at radius 2 is 1.94 bits per heavy atom. The predicted octanol–water partition coefficient (Wildman–Crippen LogP) is 3.22. The molecule has 0 bridgehead atoms. The Hall–Kier alpha value is -1.12. The normalized spacial score (nSPS) is 17.5. The Labute approximate surface area is 111 Å². The van der Waals surface area contributed by atoms with Crippen molar-refractivity contribution in [1.82, 2.24) is 9.97 Å². The number of hydrogen-bond acceptors (Lipinski definition) is 3. The average molecular weight is 247 g/mol. The van der Waals surface area contributed by atoms with Crippen LogP contribution in [-0.4, -0.2) is 23.1 Å². The number of nitrogens with zero attached hydrogens (tertiary/aromatic N) is 3. The van der Waals surface area contributed by atoms with Crippen LogP contribution < -0.4 is 4.90 Å². The molecule has 0 amide bonds. The molecule has 0 aromatic carbocycles. The second kappa shape index (κ2) is 5.68. The van der Waals surface area contributed by atoms with Crippen molar-refractivity contribution < 1.29 is 0 Å². The van der Waals surface area contributed by atoms with Crippen molar-refractivity contribution in [3.05, 3.63) is 17.6 Å². The van der Waals surface area contributed by atoms with Crippen LogP contribution >= 0.6 is 0 Å². The lowest BCUT2D eigenvalue weighted by Crippen LogP contribution is -2.36. The van der Waals surface area contributed by atoms with Gasteiger partial charge in [-0.2, -0.15) is 0 Å². The fourth-order valence-electron chi connectivity index (χ4n) is 2.75. The molecule has 1 fully saturated rings. The summed E-state index contributed by atoms with van der Waals surface area (Å²) in [6, 6.07) is 2.16. The minimum atomic E-state index is 0.811. The number of rotatable bonds is 3. The number of aromatic nitrogens is 2. The van der Waals surface area contributed by atoms with Crippen molar-refractivity contribution in [3.8, 4) is 0 Å². The molecular formula is C15H25N3. The summed E-state index contributed by atoms with van der Waals surface area (Å²) in [6.07, 6.45) is 3.57. The minimum Gasteiger partial charge on any atom is -0.356 e. The number of anilines is 1. The van der Waals surface area contributed by atoms with E-state index in [1.807, 2.05) is 6.92 Å². The zero-order valence-corrected chi connectivity index (χ0v) is 12.1. The van der Waals surface area contributed by atoms with Crippen LogP contribution in [-0.2, 0) is 6.42 Å². The van der Waals surface area contributed by atoms with Crippen LogP contribution in [0.25, 0.3) is 0 Å². The maximum atomic E-state index is 4.59. The van der Waals surface area contributed by atoms with Crippen molar-refractivity contribution in [2.24, 2.45) is 11.8 Å². The first-order valence-electron chi connectivity index (χ1n) is 7.19. The molecule has 3 heteroatoms. The van der Waals surface area contributed by atoms with Crippen LogP contribution in [0.4, 0.5) is 5.82 Å². The highest BCUT2D eigenvalue weighted by Gasteiger charge is 2.22. The molecule has 0 saturated carbocycles. The number of hydrogen-bond donors (Lipinski definition) is 0. The highest BCUT2D eigenvalue weighted by atomic mass is 15.2. The van der Waals surface area contributed by atoms with Gasteiger partial charge in [0.05, 0.1) is 0 Å². The Balaban J connectivity index is 2.07. The number of piperidine rings is 1. The van der Waals surface area contributed by atoms with Crippen molar-refractivity contribution in [1.29, 1.82) is 0 Å². The molecule has 3 nitrogen and oxygen atoms in total. The van der Waals surface area contributed by atoms with Crippen molar-refractivity contribution >= 4 is 5.82 Å². The second-order valence-corrected chi connectivity index (χ2v) is 5.69.